The van der Waals surface area contributed by atoms with Crippen molar-refractivity contribution in [3.63, 3.8) is 0 Å². The van der Waals surface area contributed by atoms with Crippen LogP contribution in [-0.4, -0.2) is 18.5 Å². The van der Waals surface area contributed by atoms with Gasteiger partial charge in [-0.2, -0.15) is 13.5 Å². The first-order valence-corrected chi connectivity index (χ1v) is 4.03. The second-order valence-electron chi connectivity index (χ2n) is 3.17. The maximum absolute atomic E-state index is 5.55. The Balaban J connectivity index is 0.000000845. The Hall–Kier alpha value is -0.510. The number of hydrogen-bond acceptors (Lipinski definition) is 2. The third-order valence-corrected chi connectivity index (χ3v) is 2.38. The average molecular weight is 198 g/mol. The minimum absolute atomic E-state index is 0. The third kappa shape index (κ3) is 1.47. The summed E-state index contributed by atoms with van der Waals surface area (Å²) >= 11 is 0. The standard InChI is InChI=1S/C10H12O2.H2S/c1-8(2)10-6-4-3-5-9(10)11-7-12-10;/h3-6,9H,1,7H2,2H3;1H2. The van der Waals surface area contributed by atoms with E-state index in [0.29, 0.717) is 6.79 Å². The van der Waals surface area contributed by atoms with Gasteiger partial charge in [0.25, 0.3) is 0 Å². The van der Waals surface area contributed by atoms with Crippen molar-refractivity contribution in [2.24, 2.45) is 0 Å². The molecule has 1 aliphatic heterocycles. The van der Waals surface area contributed by atoms with Crippen LogP contribution in [0.25, 0.3) is 0 Å². The topological polar surface area (TPSA) is 18.5 Å². The molecule has 0 bridgehead atoms. The van der Waals surface area contributed by atoms with Crippen molar-refractivity contribution < 1.29 is 9.47 Å². The largest absolute Gasteiger partial charge is 0.344 e. The molecule has 0 aromatic carbocycles. The van der Waals surface area contributed by atoms with Crippen molar-refractivity contribution in [3.8, 4) is 0 Å². The van der Waals surface area contributed by atoms with Gasteiger partial charge in [0.2, 0.25) is 0 Å². The number of allylic oxidation sites excluding steroid dienone is 2. The molecule has 0 amide bonds. The van der Waals surface area contributed by atoms with Crippen LogP contribution in [0.15, 0.2) is 36.5 Å². The lowest BCUT2D eigenvalue weighted by Crippen LogP contribution is -2.38. The van der Waals surface area contributed by atoms with E-state index in [1.54, 1.807) is 0 Å². The van der Waals surface area contributed by atoms with E-state index in [1.807, 2.05) is 31.2 Å². The Kier molecular flexibility index (Phi) is 3.01. The molecule has 0 N–H and O–H groups in total. The van der Waals surface area contributed by atoms with Gasteiger partial charge in [-0.25, -0.2) is 0 Å². The molecule has 2 atom stereocenters. The van der Waals surface area contributed by atoms with Crippen molar-refractivity contribution in [3.05, 3.63) is 36.5 Å². The van der Waals surface area contributed by atoms with E-state index in [0.717, 1.165) is 5.57 Å². The van der Waals surface area contributed by atoms with Gasteiger partial charge in [-0.15, -0.1) is 0 Å². The maximum atomic E-state index is 5.55. The summed E-state index contributed by atoms with van der Waals surface area (Å²) in [6.45, 7) is 6.24. The van der Waals surface area contributed by atoms with Gasteiger partial charge in [-0.3, -0.25) is 0 Å². The summed E-state index contributed by atoms with van der Waals surface area (Å²) in [5.74, 6) is 0. The number of ether oxygens (including phenoxy) is 2. The van der Waals surface area contributed by atoms with Gasteiger partial charge in [0.15, 0.2) is 0 Å². The van der Waals surface area contributed by atoms with Crippen molar-refractivity contribution in [2.45, 2.75) is 18.6 Å². The Morgan fingerprint density at radius 3 is 2.92 bits per heavy atom. The van der Waals surface area contributed by atoms with Crippen LogP contribution in [-0.2, 0) is 9.47 Å². The van der Waals surface area contributed by atoms with Gasteiger partial charge < -0.3 is 9.47 Å². The lowest BCUT2D eigenvalue weighted by atomic mass is 9.86. The third-order valence-electron chi connectivity index (χ3n) is 2.38. The number of rotatable bonds is 1. The second kappa shape index (κ2) is 3.70. The molecule has 1 aliphatic carbocycles. The van der Waals surface area contributed by atoms with Crippen LogP contribution in [0, 0.1) is 0 Å². The lowest BCUT2D eigenvalue weighted by molar-refractivity contribution is 0.0315. The van der Waals surface area contributed by atoms with Crippen molar-refractivity contribution in [1.29, 1.82) is 0 Å². The molecule has 0 saturated carbocycles. The van der Waals surface area contributed by atoms with Crippen molar-refractivity contribution in [2.75, 3.05) is 6.79 Å². The summed E-state index contributed by atoms with van der Waals surface area (Å²) < 4.78 is 10.9. The van der Waals surface area contributed by atoms with Crippen molar-refractivity contribution >= 4 is 13.5 Å². The zero-order valence-electron chi connectivity index (χ0n) is 7.62. The van der Waals surface area contributed by atoms with Crippen LogP contribution < -0.4 is 0 Å². The molecule has 2 rings (SSSR count). The fourth-order valence-electron chi connectivity index (χ4n) is 1.62. The molecule has 0 spiro atoms. The van der Waals surface area contributed by atoms with Gasteiger partial charge >= 0.3 is 0 Å². The van der Waals surface area contributed by atoms with Crippen LogP contribution in [0.5, 0.6) is 0 Å². The average Bonchev–Trinajstić information content (AvgIpc) is 2.48. The van der Waals surface area contributed by atoms with Crippen LogP contribution in [0.3, 0.4) is 0 Å². The molecule has 0 aromatic rings. The summed E-state index contributed by atoms with van der Waals surface area (Å²) in [6.07, 6.45) is 7.97. The molecule has 2 unspecified atom stereocenters. The lowest BCUT2D eigenvalue weighted by Gasteiger charge is -2.29. The van der Waals surface area contributed by atoms with E-state index in [1.165, 1.54) is 0 Å². The molecule has 1 fully saturated rings. The van der Waals surface area contributed by atoms with Gasteiger partial charge in [0.05, 0.1) is 0 Å². The van der Waals surface area contributed by atoms with E-state index >= 15 is 0 Å². The molecule has 13 heavy (non-hydrogen) atoms. The molecular formula is C10H14O2S. The summed E-state index contributed by atoms with van der Waals surface area (Å²) in [5.41, 5.74) is 0.597. The van der Waals surface area contributed by atoms with E-state index in [-0.39, 0.29) is 19.6 Å². The van der Waals surface area contributed by atoms with Crippen LogP contribution in [0.2, 0.25) is 0 Å². The summed E-state index contributed by atoms with van der Waals surface area (Å²) in [6, 6.07) is 0. The maximum Gasteiger partial charge on any atom is 0.149 e. The SMILES string of the molecule is C=C(C)C12C=CC=CC1OCO2.S. The van der Waals surface area contributed by atoms with Gasteiger partial charge in [0.1, 0.15) is 18.5 Å². The quantitative estimate of drug-likeness (QED) is 0.599. The second-order valence-corrected chi connectivity index (χ2v) is 3.17. The summed E-state index contributed by atoms with van der Waals surface area (Å²) in [7, 11) is 0. The minimum atomic E-state index is -0.394. The smallest absolute Gasteiger partial charge is 0.149 e. The predicted molar refractivity (Wildman–Crippen MR) is 57.0 cm³/mol. The Bertz CT molecular complexity index is 270. The molecule has 1 saturated heterocycles. The monoisotopic (exact) mass is 198 g/mol. The van der Waals surface area contributed by atoms with Gasteiger partial charge in [0, 0.05) is 0 Å². The highest BCUT2D eigenvalue weighted by molar-refractivity contribution is 7.59. The summed E-state index contributed by atoms with van der Waals surface area (Å²) in [5, 5.41) is 0. The summed E-state index contributed by atoms with van der Waals surface area (Å²) in [4.78, 5) is 0. The van der Waals surface area contributed by atoms with Gasteiger partial charge in [-0.1, -0.05) is 24.8 Å². The highest BCUT2D eigenvalue weighted by atomic mass is 32.1. The first kappa shape index (κ1) is 10.6. The highest BCUT2D eigenvalue weighted by Crippen LogP contribution is 2.36. The first-order valence-electron chi connectivity index (χ1n) is 4.03. The van der Waals surface area contributed by atoms with Crippen molar-refractivity contribution in [1.82, 2.24) is 0 Å². The molecular weight excluding hydrogens is 184 g/mol. The molecule has 2 nitrogen and oxygen atoms in total. The molecule has 3 heteroatoms. The zero-order valence-corrected chi connectivity index (χ0v) is 8.62. The van der Waals surface area contributed by atoms with E-state index in [9.17, 15) is 0 Å². The molecule has 72 valence electrons. The fourth-order valence-corrected chi connectivity index (χ4v) is 1.62. The highest BCUT2D eigenvalue weighted by Gasteiger charge is 2.43. The Labute approximate surface area is 85.4 Å². The number of hydrogen-bond donors (Lipinski definition) is 0. The Morgan fingerprint density at radius 2 is 2.31 bits per heavy atom. The first-order chi connectivity index (χ1) is 5.76. The van der Waals surface area contributed by atoms with Crippen LogP contribution in [0.1, 0.15) is 6.92 Å². The zero-order chi connectivity index (χ0) is 8.60. The molecule has 0 aromatic heterocycles. The van der Waals surface area contributed by atoms with E-state index in [4.69, 9.17) is 9.47 Å². The van der Waals surface area contributed by atoms with E-state index in [2.05, 4.69) is 6.58 Å². The van der Waals surface area contributed by atoms with E-state index < -0.39 is 5.60 Å². The van der Waals surface area contributed by atoms with Crippen LogP contribution in [0.4, 0.5) is 0 Å². The predicted octanol–water partition coefficient (Wildman–Crippen LogP) is 1.91. The fraction of sp³-hybridized carbons (Fsp3) is 0.400. The molecule has 1 heterocycles. The minimum Gasteiger partial charge on any atom is -0.344 e. The number of fused-ring (bicyclic) bond motifs is 1. The normalized spacial score (nSPS) is 35.3. The molecule has 0 radical (unpaired) electrons. The molecule has 2 aliphatic rings. The van der Waals surface area contributed by atoms with Gasteiger partial charge in [-0.05, 0) is 18.6 Å². The Morgan fingerprint density at radius 1 is 1.54 bits per heavy atom. The van der Waals surface area contributed by atoms with Crippen LogP contribution >= 0.6 is 13.5 Å².